The highest BCUT2D eigenvalue weighted by atomic mass is 35.5. The zero-order valence-corrected chi connectivity index (χ0v) is 14.4. The van der Waals surface area contributed by atoms with Crippen LogP contribution in [0.15, 0.2) is 0 Å². The maximum Gasteiger partial charge on any atom is 0.410 e. The van der Waals surface area contributed by atoms with E-state index < -0.39 is 5.60 Å². The average molecular weight is 319 g/mol. The molecule has 1 saturated heterocycles. The maximum absolute atomic E-state index is 12.2. The molecular weight excluding hydrogens is 292 g/mol. The fourth-order valence-corrected chi connectivity index (χ4v) is 2.79. The summed E-state index contributed by atoms with van der Waals surface area (Å²) in [6, 6.07) is 0.0809. The highest BCUT2D eigenvalue weighted by Gasteiger charge is 2.33. The zero-order valence-electron chi connectivity index (χ0n) is 13.7. The van der Waals surface area contributed by atoms with Crippen molar-refractivity contribution in [3.63, 3.8) is 0 Å². The minimum atomic E-state index is -0.506. The molecule has 1 rings (SSSR count). The van der Waals surface area contributed by atoms with Crippen LogP contribution in [0, 0.1) is 0 Å². The van der Waals surface area contributed by atoms with E-state index >= 15 is 0 Å². The average Bonchev–Trinajstić information content (AvgIpc) is 2.36. The number of amides is 2. The summed E-state index contributed by atoms with van der Waals surface area (Å²) in [6.07, 6.45) is 1.44. The van der Waals surface area contributed by atoms with Gasteiger partial charge in [0.15, 0.2) is 0 Å². The minimum Gasteiger partial charge on any atom is -0.444 e. The molecule has 0 aromatic rings. The molecule has 0 aliphatic carbocycles. The molecule has 2 amide bonds. The fraction of sp³-hybridized carbons (Fsp3) is 0.867. The third-order valence-electron chi connectivity index (χ3n) is 3.40. The molecule has 0 aromatic heterocycles. The largest absolute Gasteiger partial charge is 0.444 e. The van der Waals surface area contributed by atoms with Crippen LogP contribution in [0.25, 0.3) is 0 Å². The van der Waals surface area contributed by atoms with Crippen LogP contribution in [-0.4, -0.2) is 58.5 Å². The molecule has 0 spiro atoms. The van der Waals surface area contributed by atoms with E-state index in [1.165, 1.54) is 0 Å². The van der Waals surface area contributed by atoms with Gasteiger partial charge in [-0.3, -0.25) is 4.79 Å². The molecule has 0 N–H and O–H groups in total. The Morgan fingerprint density at radius 2 is 2.00 bits per heavy atom. The number of nitrogens with zero attached hydrogens (tertiary/aromatic N) is 2. The summed E-state index contributed by atoms with van der Waals surface area (Å²) < 4.78 is 5.41. The van der Waals surface area contributed by atoms with Crippen molar-refractivity contribution in [2.75, 3.05) is 19.0 Å². The SMILES string of the molecule is CC(C)N(C(=O)CCl)[C@@H]1CCCN(C(=O)OC(C)(C)C)C1. The predicted molar refractivity (Wildman–Crippen MR) is 83.5 cm³/mol. The number of halogens is 1. The van der Waals surface area contributed by atoms with Gasteiger partial charge in [0.1, 0.15) is 11.5 Å². The first-order valence-electron chi connectivity index (χ1n) is 7.50. The number of ether oxygens (including phenoxy) is 1. The molecule has 0 saturated carbocycles. The summed E-state index contributed by atoms with van der Waals surface area (Å²) in [5, 5.41) is 0. The molecule has 1 fully saturated rings. The second kappa shape index (κ2) is 7.34. The number of rotatable bonds is 3. The molecule has 6 heteroatoms. The Morgan fingerprint density at radius 3 is 2.48 bits per heavy atom. The Hall–Kier alpha value is -0.970. The topological polar surface area (TPSA) is 49.9 Å². The zero-order chi connectivity index (χ0) is 16.2. The Balaban J connectivity index is 2.74. The van der Waals surface area contributed by atoms with Crippen molar-refractivity contribution < 1.29 is 14.3 Å². The van der Waals surface area contributed by atoms with Crippen LogP contribution in [0.2, 0.25) is 0 Å². The van der Waals surface area contributed by atoms with Gasteiger partial charge in [0.25, 0.3) is 0 Å². The van der Waals surface area contributed by atoms with Crippen molar-refractivity contribution in [1.29, 1.82) is 0 Å². The van der Waals surface area contributed by atoms with Crippen molar-refractivity contribution >= 4 is 23.6 Å². The van der Waals surface area contributed by atoms with Gasteiger partial charge in [-0.2, -0.15) is 0 Å². The molecule has 0 unspecified atom stereocenters. The lowest BCUT2D eigenvalue weighted by Gasteiger charge is -2.41. The van der Waals surface area contributed by atoms with E-state index in [1.807, 2.05) is 34.6 Å². The summed E-state index contributed by atoms with van der Waals surface area (Å²) in [7, 11) is 0. The summed E-state index contributed by atoms with van der Waals surface area (Å²) >= 11 is 5.70. The molecule has 1 atom stereocenters. The highest BCUT2D eigenvalue weighted by molar-refractivity contribution is 6.27. The summed E-state index contributed by atoms with van der Waals surface area (Å²) in [6.45, 7) is 10.7. The Kier molecular flexibility index (Phi) is 6.32. The molecule has 1 aliphatic rings. The van der Waals surface area contributed by atoms with Crippen LogP contribution >= 0.6 is 11.6 Å². The van der Waals surface area contributed by atoms with E-state index in [0.29, 0.717) is 13.1 Å². The van der Waals surface area contributed by atoms with Gasteiger partial charge in [-0.25, -0.2) is 4.79 Å². The van der Waals surface area contributed by atoms with Crippen molar-refractivity contribution in [3.8, 4) is 0 Å². The number of likely N-dealkylation sites (tertiary alicyclic amines) is 1. The molecule has 0 radical (unpaired) electrons. The number of piperidine rings is 1. The predicted octanol–water partition coefficient (Wildman–Crippen LogP) is 2.86. The number of alkyl halides is 1. The first-order chi connectivity index (χ1) is 9.65. The van der Waals surface area contributed by atoms with Crippen LogP contribution in [0.1, 0.15) is 47.5 Å². The van der Waals surface area contributed by atoms with Gasteiger partial charge in [0, 0.05) is 25.2 Å². The first kappa shape index (κ1) is 18.1. The molecule has 1 aliphatic heterocycles. The Morgan fingerprint density at radius 1 is 1.38 bits per heavy atom. The number of carbonyl (C=O) groups is 2. The van der Waals surface area contributed by atoms with Crippen LogP contribution in [0.3, 0.4) is 0 Å². The molecular formula is C15H27ClN2O3. The van der Waals surface area contributed by atoms with Gasteiger partial charge in [-0.05, 0) is 47.5 Å². The van der Waals surface area contributed by atoms with Gasteiger partial charge >= 0.3 is 6.09 Å². The van der Waals surface area contributed by atoms with Crippen LogP contribution in [0.5, 0.6) is 0 Å². The normalized spacial score (nSPS) is 19.6. The second-order valence-electron chi connectivity index (χ2n) is 6.75. The maximum atomic E-state index is 12.2. The summed E-state index contributed by atoms with van der Waals surface area (Å²) in [4.78, 5) is 27.7. The van der Waals surface area contributed by atoms with E-state index in [4.69, 9.17) is 16.3 Å². The quantitative estimate of drug-likeness (QED) is 0.752. The molecule has 21 heavy (non-hydrogen) atoms. The third-order valence-corrected chi connectivity index (χ3v) is 3.63. The number of hydrogen-bond acceptors (Lipinski definition) is 3. The monoisotopic (exact) mass is 318 g/mol. The third kappa shape index (κ3) is 5.38. The first-order valence-corrected chi connectivity index (χ1v) is 8.04. The van der Waals surface area contributed by atoms with Crippen molar-refractivity contribution in [2.24, 2.45) is 0 Å². The van der Waals surface area contributed by atoms with E-state index in [1.54, 1.807) is 9.80 Å². The lowest BCUT2D eigenvalue weighted by molar-refractivity contribution is -0.134. The van der Waals surface area contributed by atoms with E-state index in [2.05, 4.69) is 0 Å². The number of carbonyl (C=O) groups excluding carboxylic acids is 2. The van der Waals surface area contributed by atoms with Gasteiger partial charge in [-0.15, -0.1) is 11.6 Å². The van der Waals surface area contributed by atoms with Crippen LogP contribution < -0.4 is 0 Å². The van der Waals surface area contributed by atoms with Gasteiger partial charge in [0.05, 0.1) is 0 Å². The van der Waals surface area contributed by atoms with Crippen LogP contribution in [-0.2, 0) is 9.53 Å². The Labute approximate surface area is 132 Å². The van der Waals surface area contributed by atoms with Gasteiger partial charge in [0.2, 0.25) is 5.91 Å². The smallest absolute Gasteiger partial charge is 0.410 e. The second-order valence-corrected chi connectivity index (χ2v) is 7.02. The molecule has 0 aromatic carbocycles. The highest BCUT2D eigenvalue weighted by Crippen LogP contribution is 2.21. The van der Waals surface area contributed by atoms with Gasteiger partial charge in [-0.1, -0.05) is 0 Å². The van der Waals surface area contributed by atoms with Crippen LogP contribution in [0.4, 0.5) is 4.79 Å². The minimum absolute atomic E-state index is 0.0116. The lowest BCUT2D eigenvalue weighted by atomic mass is 10.0. The summed E-state index contributed by atoms with van der Waals surface area (Å²) in [5.41, 5.74) is -0.506. The molecule has 5 nitrogen and oxygen atoms in total. The Bertz CT molecular complexity index is 380. The van der Waals surface area contributed by atoms with Gasteiger partial charge < -0.3 is 14.5 Å². The van der Waals surface area contributed by atoms with E-state index in [0.717, 1.165) is 12.8 Å². The molecule has 0 bridgehead atoms. The fourth-order valence-electron chi connectivity index (χ4n) is 2.66. The lowest BCUT2D eigenvalue weighted by Crippen LogP contribution is -2.54. The van der Waals surface area contributed by atoms with Crippen molar-refractivity contribution in [1.82, 2.24) is 9.80 Å². The van der Waals surface area contributed by atoms with Crippen molar-refractivity contribution in [3.05, 3.63) is 0 Å². The molecule has 1 heterocycles. The standard InChI is InChI=1S/C15H27ClN2O3/c1-11(2)18(13(19)9-16)12-7-6-8-17(10-12)14(20)21-15(3,4)5/h11-12H,6-10H2,1-5H3/t12-/m1/s1. The van der Waals surface area contributed by atoms with Crippen molar-refractivity contribution in [2.45, 2.75) is 65.1 Å². The summed E-state index contributed by atoms with van der Waals surface area (Å²) in [5.74, 6) is -0.107. The number of hydrogen-bond donors (Lipinski definition) is 0. The van der Waals surface area contributed by atoms with E-state index in [-0.39, 0.29) is 30.0 Å². The van der Waals surface area contributed by atoms with E-state index in [9.17, 15) is 9.59 Å². The molecule has 122 valence electrons.